The van der Waals surface area contributed by atoms with Crippen LogP contribution in [0.25, 0.3) is 0 Å². The summed E-state index contributed by atoms with van der Waals surface area (Å²) in [6, 6.07) is 6.95. The Labute approximate surface area is 141 Å². The highest BCUT2D eigenvalue weighted by Crippen LogP contribution is 2.30. The Kier molecular flexibility index (Phi) is 4.71. The van der Waals surface area contributed by atoms with Crippen LogP contribution in [0.5, 0.6) is 0 Å². The van der Waals surface area contributed by atoms with Crippen LogP contribution in [0.15, 0.2) is 24.3 Å². The van der Waals surface area contributed by atoms with Crippen molar-refractivity contribution in [1.29, 1.82) is 0 Å². The van der Waals surface area contributed by atoms with Crippen LogP contribution in [0.2, 0.25) is 0 Å². The minimum absolute atomic E-state index is 0.0127. The number of thioether (sulfide) groups is 1. The fourth-order valence-corrected chi connectivity index (χ4v) is 5.75. The minimum atomic E-state index is -3.11. The molecule has 0 aromatic heterocycles. The molecular weight excluding hydrogens is 332 g/mol. The van der Waals surface area contributed by atoms with E-state index in [2.05, 4.69) is 5.32 Å². The number of carbonyl (C=O) groups is 1. The number of sulfone groups is 1. The zero-order valence-electron chi connectivity index (χ0n) is 13.4. The topological polar surface area (TPSA) is 66.5 Å². The van der Waals surface area contributed by atoms with Gasteiger partial charge < -0.3 is 4.90 Å². The van der Waals surface area contributed by atoms with Gasteiger partial charge in [-0.2, -0.15) is 11.8 Å². The third kappa shape index (κ3) is 3.41. The summed E-state index contributed by atoms with van der Waals surface area (Å²) in [5.74, 6) is 1.01. The van der Waals surface area contributed by atoms with Crippen molar-refractivity contribution >= 4 is 33.2 Å². The number of carbonyl (C=O) groups excluding carboxylic acids is 1. The summed E-state index contributed by atoms with van der Waals surface area (Å²) >= 11 is 1.69. The Bertz CT molecular complexity index is 688. The second-order valence-corrected chi connectivity index (χ2v) is 9.43. The van der Waals surface area contributed by atoms with Crippen LogP contribution < -0.4 is 10.2 Å². The van der Waals surface area contributed by atoms with E-state index in [4.69, 9.17) is 0 Å². The predicted molar refractivity (Wildman–Crippen MR) is 94.8 cm³/mol. The molecule has 1 amide bonds. The number of fused-ring (bicyclic) bond motifs is 1. The summed E-state index contributed by atoms with van der Waals surface area (Å²) in [6.07, 6.45) is 2.72. The van der Waals surface area contributed by atoms with Gasteiger partial charge in [0.25, 0.3) is 0 Å². The van der Waals surface area contributed by atoms with E-state index in [0.29, 0.717) is 6.42 Å². The van der Waals surface area contributed by atoms with Gasteiger partial charge in [0.1, 0.15) is 0 Å². The van der Waals surface area contributed by atoms with Gasteiger partial charge in [-0.3, -0.25) is 10.1 Å². The van der Waals surface area contributed by atoms with E-state index in [9.17, 15) is 13.2 Å². The number of nitrogens with zero attached hydrogens (tertiary/aromatic N) is 1. The third-order valence-electron chi connectivity index (χ3n) is 4.53. The van der Waals surface area contributed by atoms with Gasteiger partial charge in [-0.1, -0.05) is 17.7 Å². The number of hydrogen-bond donors (Lipinski definition) is 1. The molecule has 2 aliphatic heterocycles. The van der Waals surface area contributed by atoms with Crippen LogP contribution in [-0.2, 0) is 14.6 Å². The number of piperazine rings is 1. The van der Waals surface area contributed by atoms with Gasteiger partial charge in [-0.15, -0.1) is 0 Å². The van der Waals surface area contributed by atoms with Gasteiger partial charge in [0.2, 0.25) is 5.91 Å². The Morgan fingerprint density at radius 2 is 1.96 bits per heavy atom. The van der Waals surface area contributed by atoms with Crippen molar-refractivity contribution in [2.75, 3.05) is 28.4 Å². The number of rotatable bonds is 4. The highest BCUT2D eigenvalue weighted by Gasteiger charge is 2.49. The highest BCUT2D eigenvalue weighted by atomic mass is 32.2. The van der Waals surface area contributed by atoms with E-state index in [1.807, 2.05) is 37.4 Å². The minimum Gasteiger partial charge on any atom is -0.305 e. The van der Waals surface area contributed by atoms with Crippen LogP contribution in [-0.4, -0.2) is 56.0 Å². The predicted octanol–water partition coefficient (Wildman–Crippen LogP) is 1.22. The maximum Gasteiger partial charge on any atom is 0.244 e. The van der Waals surface area contributed by atoms with E-state index in [0.717, 1.165) is 17.0 Å². The molecule has 1 aromatic carbocycles. The van der Waals surface area contributed by atoms with Crippen molar-refractivity contribution in [2.45, 2.75) is 31.5 Å². The SMILES string of the molecule is CSCC[C@@H]1N[C@@H]2CS(=O)(=O)C[C@@H]2N(c2ccc(C)cc2)C1=O. The lowest BCUT2D eigenvalue weighted by Crippen LogP contribution is -2.65. The number of hydrogen-bond acceptors (Lipinski definition) is 5. The Morgan fingerprint density at radius 3 is 2.61 bits per heavy atom. The summed E-state index contributed by atoms with van der Waals surface area (Å²) in [5, 5.41) is 3.28. The Balaban J connectivity index is 1.94. The number of aryl methyl sites for hydroxylation is 1. The molecule has 0 unspecified atom stereocenters. The summed E-state index contributed by atoms with van der Waals surface area (Å²) in [4.78, 5) is 14.6. The first-order valence-corrected chi connectivity index (χ1v) is 11.0. The lowest BCUT2D eigenvalue weighted by atomic mass is 9.99. The Morgan fingerprint density at radius 1 is 1.26 bits per heavy atom. The maximum absolute atomic E-state index is 12.9. The van der Waals surface area contributed by atoms with Crippen LogP contribution in [0, 0.1) is 6.92 Å². The average molecular weight is 354 g/mol. The standard InChI is InChI=1S/C16H22N2O3S2/c1-11-3-5-12(6-4-11)18-15-10-23(20,21)9-14(15)17-13(16(18)19)7-8-22-2/h3-6,13-15,17H,7-10H2,1-2H3/t13-,14+,15-/m0/s1. The van der Waals surface area contributed by atoms with Crippen molar-refractivity contribution in [3.8, 4) is 0 Å². The first-order valence-electron chi connectivity index (χ1n) is 7.76. The molecule has 2 heterocycles. The van der Waals surface area contributed by atoms with Crippen molar-refractivity contribution in [3.63, 3.8) is 0 Å². The van der Waals surface area contributed by atoms with Crippen LogP contribution in [0.3, 0.4) is 0 Å². The monoisotopic (exact) mass is 354 g/mol. The Hall–Kier alpha value is -1.05. The fraction of sp³-hybridized carbons (Fsp3) is 0.562. The van der Waals surface area contributed by atoms with Crippen molar-refractivity contribution in [3.05, 3.63) is 29.8 Å². The molecule has 23 heavy (non-hydrogen) atoms. The molecule has 0 aliphatic carbocycles. The van der Waals surface area contributed by atoms with Crippen molar-refractivity contribution in [1.82, 2.24) is 5.32 Å². The van der Waals surface area contributed by atoms with Gasteiger partial charge >= 0.3 is 0 Å². The van der Waals surface area contributed by atoms with Gasteiger partial charge in [-0.05, 0) is 37.5 Å². The lowest BCUT2D eigenvalue weighted by molar-refractivity contribution is -0.122. The second-order valence-electron chi connectivity index (χ2n) is 6.30. The molecule has 2 fully saturated rings. The van der Waals surface area contributed by atoms with Gasteiger partial charge in [0.05, 0.1) is 23.6 Å². The molecule has 3 rings (SSSR count). The van der Waals surface area contributed by atoms with Crippen molar-refractivity contribution < 1.29 is 13.2 Å². The van der Waals surface area contributed by atoms with Gasteiger partial charge in [0, 0.05) is 11.7 Å². The van der Waals surface area contributed by atoms with Crippen LogP contribution in [0.1, 0.15) is 12.0 Å². The van der Waals surface area contributed by atoms with Gasteiger partial charge in [-0.25, -0.2) is 8.42 Å². The molecule has 2 saturated heterocycles. The zero-order chi connectivity index (χ0) is 16.6. The normalized spacial score (nSPS) is 29.6. The zero-order valence-corrected chi connectivity index (χ0v) is 15.0. The number of amides is 1. The molecule has 126 valence electrons. The molecule has 5 nitrogen and oxygen atoms in total. The molecule has 0 bridgehead atoms. The molecule has 0 radical (unpaired) electrons. The lowest BCUT2D eigenvalue weighted by Gasteiger charge is -2.41. The third-order valence-corrected chi connectivity index (χ3v) is 6.89. The fourth-order valence-electron chi connectivity index (χ4n) is 3.37. The van der Waals surface area contributed by atoms with E-state index in [-0.39, 0.29) is 35.5 Å². The van der Waals surface area contributed by atoms with Crippen molar-refractivity contribution in [2.24, 2.45) is 0 Å². The summed E-state index contributed by atoms with van der Waals surface area (Å²) < 4.78 is 24.1. The van der Waals surface area contributed by atoms with Gasteiger partial charge in [0.15, 0.2) is 9.84 Å². The largest absolute Gasteiger partial charge is 0.305 e. The van der Waals surface area contributed by atoms with E-state index in [1.165, 1.54) is 0 Å². The second kappa shape index (κ2) is 6.45. The molecule has 0 saturated carbocycles. The summed E-state index contributed by atoms with van der Waals surface area (Å²) in [7, 11) is -3.11. The molecule has 1 N–H and O–H groups in total. The number of benzene rings is 1. The average Bonchev–Trinajstić information content (AvgIpc) is 2.80. The van der Waals surface area contributed by atoms with Crippen LogP contribution in [0.4, 0.5) is 5.69 Å². The molecule has 3 atom stereocenters. The first-order chi connectivity index (χ1) is 10.9. The first kappa shape index (κ1) is 16.8. The molecule has 2 aliphatic rings. The van der Waals surface area contributed by atoms with E-state index >= 15 is 0 Å². The molecule has 0 spiro atoms. The van der Waals surface area contributed by atoms with Crippen LogP contribution >= 0.6 is 11.8 Å². The molecule has 7 heteroatoms. The molecule has 1 aromatic rings. The number of anilines is 1. The summed E-state index contributed by atoms with van der Waals surface area (Å²) in [5.41, 5.74) is 1.91. The maximum atomic E-state index is 12.9. The van der Waals surface area contributed by atoms with E-state index < -0.39 is 9.84 Å². The molecular formula is C16H22N2O3S2. The highest BCUT2D eigenvalue weighted by molar-refractivity contribution is 7.98. The number of nitrogens with one attached hydrogen (secondary N) is 1. The smallest absolute Gasteiger partial charge is 0.244 e. The van der Waals surface area contributed by atoms with E-state index in [1.54, 1.807) is 16.7 Å². The quantitative estimate of drug-likeness (QED) is 0.881. The summed E-state index contributed by atoms with van der Waals surface area (Å²) in [6.45, 7) is 1.99.